The molecule has 0 spiro atoms. The third-order valence-corrected chi connectivity index (χ3v) is 2.79. The average Bonchev–Trinajstić information content (AvgIpc) is 2.37. The summed E-state index contributed by atoms with van der Waals surface area (Å²) in [5.74, 6) is -1.19. The number of rotatable bonds is 4. The smallest absolute Gasteiger partial charge is 0.341 e. The Balaban J connectivity index is 2.54. The molecule has 0 saturated heterocycles. The molecule has 7 heteroatoms. The topological polar surface area (TPSA) is 103 Å². The van der Waals surface area contributed by atoms with Crippen LogP contribution in [0.15, 0.2) is 30.3 Å². The number of aromatic carboxylic acids is 1. The van der Waals surface area contributed by atoms with Gasteiger partial charge in [0.15, 0.2) is 0 Å². The third kappa shape index (κ3) is 2.97. The number of para-hydroxylation sites is 2. The highest BCUT2D eigenvalue weighted by Gasteiger charge is 2.21. The van der Waals surface area contributed by atoms with Gasteiger partial charge in [0.1, 0.15) is 11.3 Å². The Morgan fingerprint density at radius 1 is 1.29 bits per heavy atom. The number of nitrogens with zero attached hydrogens (tertiary/aromatic N) is 2. The summed E-state index contributed by atoms with van der Waals surface area (Å²) in [7, 11) is 0. The number of hydrogen-bond donors (Lipinski definition) is 1. The van der Waals surface area contributed by atoms with Gasteiger partial charge in [-0.2, -0.15) is 0 Å². The normalized spacial score (nSPS) is 10.2. The number of carbonyl (C=O) groups is 1. The second kappa shape index (κ2) is 5.58. The van der Waals surface area contributed by atoms with Crippen molar-refractivity contribution in [3.8, 4) is 11.5 Å². The minimum Gasteiger partial charge on any atom is -0.477 e. The second-order valence-electron chi connectivity index (χ2n) is 4.35. The monoisotopic (exact) mass is 288 g/mol. The molecule has 1 N–H and O–H groups in total. The van der Waals surface area contributed by atoms with Crippen LogP contribution in [0.1, 0.15) is 21.7 Å². The predicted molar refractivity (Wildman–Crippen MR) is 73.8 cm³/mol. The first-order valence-corrected chi connectivity index (χ1v) is 6.03. The second-order valence-corrected chi connectivity index (χ2v) is 4.35. The summed E-state index contributed by atoms with van der Waals surface area (Å²) in [6.45, 7) is 3.23. The number of carboxylic acids is 1. The molecule has 2 rings (SSSR count). The maximum absolute atomic E-state index is 11.3. The van der Waals surface area contributed by atoms with Gasteiger partial charge in [-0.25, -0.2) is 4.79 Å². The van der Waals surface area contributed by atoms with Crippen LogP contribution in [0, 0.1) is 24.0 Å². The number of carboxylic acid groups (broad SMARTS) is 1. The van der Waals surface area contributed by atoms with Crippen LogP contribution in [0.25, 0.3) is 0 Å². The molecule has 0 bridgehead atoms. The summed E-state index contributed by atoms with van der Waals surface area (Å²) in [6.07, 6.45) is 0. The first kappa shape index (κ1) is 14.4. The van der Waals surface area contributed by atoms with Crippen LogP contribution in [-0.2, 0) is 0 Å². The largest absolute Gasteiger partial charge is 0.477 e. The van der Waals surface area contributed by atoms with E-state index in [4.69, 9.17) is 4.74 Å². The maximum atomic E-state index is 11.3. The highest BCUT2D eigenvalue weighted by atomic mass is 16.6. The zero-order valence-electron chi connectivity index (χ0n) is 11.4. The molecular weight excluding hydrogens is 276 g/mol. The quantitative estimate of drug-likeness (QED) is 0.685. The zero-order valence-corrected chi connectivity index (χ0v) is 11.4. The van der Waals surface area contributed by atoms with Crippen molar-refractivity contribution in [2.24, 2.45) is 0 Å². The third-order valence-electron chi connectivity index (χ3n) is 2.79. The van der Waals surface area contributed by atoms with Crippen LogP contribution < -0.4 is 4.74 Å². The van der Waals surface area contributed by atoms with E-state index in [1.807, 2.05) is 0 Å². The number of benzene rings is 1. The van der Waals surface area contributed by atoms with Gasteiger partial charge in [-0.05, 0) is 19.9 Å². The number of aryl methyl sites for hydroxylation is 2. The van der Waals surface area contributed by atoms with E-state index in [1.54, 1.807) is 19.9 Å². The number of aromatic nitrogens is 1. The number of ether oxygens (including phenoxy) is 1. The molecule has 7 nitrogen and oxygen atoms in total. The van der Waals surface area contributed by atoms with E-state index >= 15 is 0 Å². The van der Waals surface area contributed by atoms with E-state index in [9.17, 15) is 20.0 Å². The van der Waals surface area contributed by atoms with Crippen LogP contribution in [0.5, 0.6) is 11.5 Å². The summed E-state index contributed by atoms with van der Waals surface area (Å²) in [6, 6.07) is 7.22. The summed E-state index contributed by atoms with van der Waals surface area (Å²) in [4.78, 5) is 25.7. The van der Waals surface area contributed by atoms with Crippen LogP contribution in [0.2, 0.25) is 0 Å². The van der Waals surface area contributed by atoms with E-state index in [-0.39, 0.29) is 28.4 Å². The minimum atomic E-state index is -1.20. The Hall–Kier alpha value is -2.96. The van der Waals surface area contributed by atoms with Crippen LogP contribution in [0.4, 0.5) is 5.69 Å². The molecule has 1 heterocycles. The molecule has 0 unspecified atom stereocenters. The van der Waals surface area contributed by atoms with Crippen molar-refractivity contribution in [1.82, 2.24) is 4.98 Å². The first-order chi connectivity index (χ1) is 9.90. The van der Waals surface area contributed by atoms with Crippen LogP contribution in [0.3, 0.4) is 0 Å². The molecule has 0 fully saturated rings. The fourth-order valence-corrected chi connectivity index (χ4v) is 1.95. The van der Waals surface area contributed by atoms with Gasteiger partial charge in [0.25, 0.3) is 0 Å². The Bertz CT molecular complexity index is 727. The van der Waals surface area contributed by atoms with Gasteiger partial charge in [0.2, 0.25) is 5.75 Å². The lowest BCUT2D eigenvalue weighted by atomic mass is 10.1. The molecule has 2 aromatic rings. The molecule has 0 radical (unpaired) electrons. The van der Waals surface area contributed by atoms with E-state index < -0.39 is 10.9 Å². The van der Waals surface area contributed by atoms with Crippen molar-refractivity contribution in [3.63, 3.8) is 0 Å². The van der Waals surface area contributed by atoms with Crippen molar-refractivity contribution in [3.05, 3.63) is 57.4 Å². The van der Waals surface area contributed by atoms with Crippen molar-refractivity contribution in [2.45, 2.75) is 13.8 Å². The van der Waals surface area contributed by atoms with Gasteiger partial charge in [0.05, 0.1) is 10.6 Å². The molecule has 1 aromatic carbocycles. The molecule has 0 amide bonds. The van der Waals surface area contributed by atoms with E-state index in [1.165, 1.54) is 24.3 Å². The molecule has 0 saturated carbocycles. The lowest BCUT2D eigenvalue weighted by molar-refractivity contribution is -0.385. The molecule has 0 aliphatic rings. The van der Waals surface area contributed by atoms with Crippen molar-refractivity contribution in [2.75, 3.05) is 0 Å². The standard InChI is InChI=1S/C14H12N2O5/c1-8-7-12(13(14(17)18)9(2)15-8)21-11-6-4-3-5-10(11)16(19)20/h3-7H,1-2H3,(H,17,18). The number of hydrogen-bond acceptors (Lipinski definition) is 5. The summed E-state index contributed by atoms with van der Waals surface area (Å²) >= 11 is 0. The fourth-order valence-electron chi connectivity index (χ4n) is 1.95. The Morgan fingerprint density at radius 2 is 1.95 bits per heavy atom. The molecule has 0 aliphatic heterocycles. The average molecular weight is 288 g/mol. The molecule has 1 aromatic heterocycles. The van der Waals surface area contributed by atoms with Gasteiger partial charge < -0.3 is 9.84 Å². The van der Waals surface area contributed by atoms with Crippen molar-refractivity contribution < 1.29 is 19.6 Å². The zero-order chi connectivity index (χ0) is 15.6. The lowest BCUT2D eigenvalue weighted by Crippen LogP contribution is -2.06. The summed E-state index contributed by atoms with van der Waals surface area (Å²) in [5, 5.41) is 20.2. The number of pyridine rings is 1. The summed E-state index contributed by atoms with van der Waals surface area (Å²) < 4.78 is 5.46. The van der Waals surface area contributed by atoms with E-state index in [2.05, 4.69) is 4.98 Å². The molecule has 0 atom stereocenters. The number of nitro benzene ring substituents is 1. The minimum absolute atomic E-state index is 0.0185. The predicted octanol–water partition coefficient (Wildman–Crippen LogP) is 3.10. The highest BCUT2D eigenvalue weighted by Crippen LogP contribution is 2.33. The number of nitro groups is 1. The molecule has 108 valence electrons. The van der Waals surface area contributed by atoms with E-state index in [0.29, 0.717) is 5.69 Å². The fraction of sp³-hybridized carbons (Fsp3) is 0.143. The van der Waals surface area contributed by atoms with Gasteiger partial charge >= 0.3 is 11.7 Å². The highest BCUT2D eigenvalue weighted by molar-refractivity contribution is 5.92. The van der Waals surface area contributed by atoms with Gasteiger partial charge in [0, 0.05) is 17.8 Å². The van der Waals surface area contributed by atoms with Gasteiger partial charge in [-0.15, -0.1) is 0 Å². The molecular formula is C14H12N2O5. The van der Waals surface area contributed by atoms with Crippen LogP contribution >= 0.6 is 0 Å². The van der Waals surface area contributed by atoms with Crippen LogP contribution in [-0.4, -0.2) is 21.0 Å². The van der Waals surface area contributed by atoms with Crippen molar-refractivity contribution >= 4 is 11.7 Å². The SMILES string of the molecule is Cc1cc(Oc2ccccc2[N+](=O)[O-])c(C(=O)O)c(C)n1. The molecule has 0 aliphatic carbocycles. The maximum Gasteiger partial charge on any atom is 0.341 e. The molecule has 21 heavy (non-hydrogen) atoms. The summed E-state index contributed by atoms with van der Waals surface area (Å²) in [5.41, 5.74) is 0.502. The lowest BCUT2D eigenvalue weighted by Gasteiger charge is -2.11. The van der Waals surface area contributed by atoms with Gasteiger partial charge in [-0.1, -0.05) is 12.1 Å². The first-order valence-electron chi connectivity index (χ1n) is 6.03. The Kier molecular flexibility index (Phi) is 3.84. The van der Waals surface area contributed by atoms with Crippen molar-refractivity contribution in [1.29, 1.82) is 0 Å². The Labute approximate surface area is 120 Å². The van der Waals surface area contributed by atoms with E-state index in [0.717, 1.165) is 0 Å². The van der Waals surface area contributed by atoms with Gasteiger partial charge in [-0.3, -0.25) is 15.1 Å². The Morgan fingerprint density at radius 3 is 2.57 bits per heavy atom.